The van der Waals surface area contributed by atoms with Gasteiger partial charge in [-0.3, -0.25) is 10.1 Å². The molecule has 0 saturated heterocycles. The van der Waals surface area contributed by atoms with Gasteiger partial charge >= 0.3 is 5.97 Å². The summed E-state index contributed by atoms with van der Waals surface area (Å²) in [4.78, 5) is 22.9. The Hall–Kier alpha value is -2.37. The van der Waals surface area contributed by atoms with Gasteiger partial charge in [0.25, 0.3) is 5.69 Å². The van der Waals surface area contributed by atoms with Crippen LogP contribution in [0.4, 0.5) is 5.69 Å². The fourth-order valence-electron chi connectivity index (χ4n) is 1.30. The normalized spacial score (nSPS) is 10.5. The predicted octanol–water partition coefficient (Wildman–Crippen LogP) is 1.83. The van der Waals surface area contributed by atoms with Crippen molar-refractivity contribution in [2.75, 3.05) is 14.1 Å². The molecule has 0 saturated carbocycles. The zero-order valence-corrected chi connectivity index (χ0v) is 9.45. The summed E-state index contributed by atoms with van der Waals surface area (Å²) >= 11 is 0. The molecule has 0 aliphatic heterocycles. The van der Waals surface area contributed by atoms with Crippen molar-refractivity contribution < 1.29 is 14.8 Å². The quantitative estimate of drug-likeness (QED) is 0.636. The molecular weight excluding hydrogens is 224 g/mol. The molecule has 0 aliphatic carbocycles. The molecule has 0 amide bonds. The van der Waals surface area contributed by atoms with Gasteiger partial charge in [0.05, 0.1) is 16.1 Å². The van der Waals surface area contributed by atoms with E-state index in [-0.39, 0.29) is 16.8 Å². The molecule has 0 aromatic heterocycles. The smallest absolute Gasteiger partial charge is 0.336 e. The highest BCUT2D eigenvalue weighted by Crippen LogP contribution is 2.24. The first-order valence-corrected chi connectivity index (χ1v) is 4.79. The van der Waals surface area contributed by atoms with E-state index in [1.165, 1.54) is 24.3 Å². The Labute approximate surface area is 97.9 Å². The number of aromatic carboxylic acids is 1. The van der Waals surface area contributed by atoms with Crippen LogP contribution >= 0.6 is 0 Å². The van der Waals surface area contributed by atoms with Crippen molar-refractivity contribution in [3.8, 4) is 0 Å². The lowest BCUT2D eigenvalue weighted by molar-refractivity contribution is -0.385. The van der Waals surface area contributed by atoms with Crippen LogP contribution in [0.2, 0.25) is 0 Å². The molecule has 0 unspecified atom stereocenters. The molecule has 0 heterocycles. The molecule has 0 fully saturated rings. The van der Waals surface area contributed by atoms with Gasteiger partial charge in [-0.25, -0.2) is 4.79 Å². The van der Waals surface area contributed by atoms with Crippen molar-refractivity contribution in [3.05, 3.63) is 45.6 Å². The lowest BCUT2D eigenvalue weighted by Crippen LogP contribution is -2.04. The molecule has 1 rings (SSSR count). The van der Waals surface area contributed by atoms with E-state index in [1.807, 2.05) is 0 Å². The molecule has 0 spiro atoms. The van der Waals surface area contributed by atoms with E-state index in [9.17, 15) is 14.9 Å². The molecule has 1 N–H and O–H groups in total. The van der Waals surface area contributed by atoms with Crippen LogP contribution in [-0.2, 0) is 0 Å². The van der Waals surface area contributed by atoms with E-state index in [0.717, 1.165) is 0 Å². The predicted molar refractivity (Wildman–Crippen MR) is 62.8 cm³/mol. The lowest BCUT2D eigenvalue weighted by atomic mass is 10.1. The van der Waals surface area contributed by atoms with Crippen molar-refractivity contribution in [2.45, 2.75) is 0 Å². The van der Waals surface area contributed by atoms with Gasteiger partial charge in [-0.15, -0.1) is 0 Å². The third kappa shape index (κ3) is 3.04. The monoisotopic (exact) mass is 236 g/mol. The molecule has 1 aromatic carbocycles. The maximum absolute atomic E-state index is 11.0. The summed E-state index contributed by atoms with van der Waals surface area (Å²) < 4.78 is 0. The number of nitrogens with zero attached hydrogens (tertiary/aromatic N) is 2. The highest BCUT2D eigenvalue weighted by atomic mass is 16.6. The molecule has 6 heteroatoms. The van der Waals surface area contributed by atoms with Crippen molar-refractivity contribution in [2.24, 2.45) is 0 Å². The topological polar surface area (TPSA) is 83.7 Å². The van der Waals surface area contributed by atoms with Crippen molar-refractivity contribution in [3.63, 3.8) is 0 Å². The van der Waals surface area contributed by atoms with Crippen LogP contribution in [0.3, 0.4) is 0 Å². The van der Waals surface area contributed by atoms with E-state index in [0.29, 0.717) is 0 Å². The number of hydrogen-bond acceptors (Lipinski definition) is 4. The summed E-state index contributed by atoms with van der Waals surface area (Å²) in [5, 5.41) is 19.8. The Morgan fingerprint density at radius 1 is 1.47 bits per heavy atom. The minimum absolute atomic E-state index is 0.0858. The standard InChI is InChI=1S/C11H12N2O4/c1-12(2)7-6-8-9(11(14)15)4-3-5-10(8)13(16)17/h3-7H,1-2H3,(H,14,15)/b7-6+. The van der Waals surface area contributed by atoms with Gasteiger partial charge in [0.2, 0.25) is 0 Å². The summed E-state index contributed by atoms with van der Waals surface area (Å²) in [6.45, 7) is 0. The van der Waals surface area contributed by atoms with Crippen LogP contribution in [0, 0.1) is 10.1 Å². The molecule has 6 nitrogen and oxygen atoms in total. The van der Waals surface area contributed by atoms with Gasteiger partial charge in [0.1, 0.15) is 0 Å². The van der Waals surface area contributed by atoms with Gasteiger partial charge in [-0.1, -0.05) is 6.07 Å². The SMILES string of the molecule is CN(C)/C=C/c1c(C(=O)O)cccc1[N+](=O)[O-]. The third-order valence-corrected chi connectivity index (χ3v) is 2.05. The van der Waals surface area contributed by atoms with Gasteiger partial charge in [-0.05, 0) is 18.3 Å². The molecule has 17 heavy (non-hydrogen) atoms. The molecular formula is C11H12N2O4. The lowest BCUT2D eigenvalue weighted by Gasteiger charge is -2.05. The zero-order valence-electron chi connectivity index (χ0n) is 9.45. The van der Waals surface area contributed by atoms with Crippen molar-refractivity contribution in [1.82, 2.24) is 4.90 Å². The minimum Gasteiger partial charge on any atom is -0.478 e. The zero-order chi connectivity index (χ0) is 13.0. The number of hydrogen-bond donors (Lipinski definition) is 1. The Kier molecular flexibility index (Phi) is 3.82. The third-order valence-electron chi connectivity index (χ3n) is 2.05. The first kappa shape index (κ1) is 12.7. The van der Waals surface area contributed by atoms with Crippen LogP contribution in [0.15, 0.2) is 24.4 Å². The fourth-order valence-corrected chi connectivity index (χ4v) is 1.30. The highest BCUT2D eigenvalue weighted by Gasteiger charge is 2.18. The van der Waals surface area contributed by atoms with Crippen molar-refractivity contribution >= 4 is 17.7 Å². The molecule has 0 aliphatic rings. The maximum atomic E-state index is 11.0. The first-order chi connectivity index (χ1) is 7.93. The van der Waals surface area contributed by atoms with E-state index in [4.69, 9.17) is 5.11 Å². The minimum atomic E-state index is -1.19. The highest BCUT2D eigenvalue weighted by molar-refractivity contribution is 5.94. The molecule has 90 valence electrons. The summed E-state index contributed by atoms with van der Waals surface area (Å²) in [5.74, 6) is -1.19. The first-order valence-electron chi connectivity index (χ1n) is 4.79. The van der Waals surface area contributed by atoms with Crippen molar-refractivity contribution in [1.29, 1.82) is 0 Å². The number of carboxylic acid groups (broad SMARTS) is 1. The number of benzene rings is 1. The number of carbonyl (C=O) groups is 1. The van der Waals surface area contributed by atoms with Gasteiger partial charge in [-0.2, -0.15) is 0 Å². The van der Waals surface area contributed by atoms with Crippen LogP contribution in [0.25, 0.3) is 6.08 Å². The largest absolute Gasteiger partial charge is 0.478 e. The van der Waals surface area contributed by atoms with E-state index in [1.54, 1.807) is 25.2 Å². The molecule has 0 radical (unpaired) electrons. The van der Waals surface area contributed by atoms with Gasteiger partial charge in [0.15, 0.2) is 0 Å². The average Bonchev–Trinajstić information content (AvgIpc) is 2.25. The number of carboxylic acids is 1. The number of nitro groups is 1. The Bertz CT molecular complexity index is 448. The molecule has 0 bridgehead atoms. The maximum Gasteiger partial charge on any atom is 0.336 e. The second-order valence-electron chi connectivity index (χ2n) is 3.58. The summed E-state index contributed by atoms with van der Waals surface area (Å²) in [6.07, 6.45) is 2.98. The van der Waals surface area contributed by atoms with Gasteiger partial charge < -0.3 is 10.0 Å². The number of rotatable bonds is 4. The molecule has 1 aromatic rings. The number of nitro benzene ring substituents is 1. The summed E-state index contributed by atoms with van der Waals surface area (Å²) in [5.41, 5.74) is -0.209. The Morgan fingerprint density at radius 2 is 2.12 bits per heavy atom. The second kappa shape index (κ2) is 5.11. The van der Waals surface area contributed by atoms with E-state index in [2.05, 4.69) is 0 Å². The molecule has 0 atom stereocenters. The Balaban J connectivity index is 3.38. The summed E-state index contributed by atoms with van der Waals surface area (Å²) in [7, 11) is 3.48. The average molecular weight is 236 g/mol. The van der Waals surface area contributed by atoms with Crippen LogP contribution in [0.5, 0.6) is 0 Å². The Morgan fingerprint density at radius 3 is 2.59 bits per heavy atom. The second-order valence-corrected chi connectivity index (χ2v) is 3.58. The van der Waals surface area contributed by atoms with Crippen LogP contribution in [0.1, 0.15) is 15.9 Å². The fraction of sp³-hybridized carbons (Fsp3) is 0.182. The van der Waals surface area contributed by atoms with E-state index < -0.39 is 10.9 Å². The summed E-state index contributed by atoms with van der Waals surface area (Å²) in [6, 6.07) is 3.97. The van der Waals surface area contributed by atoms with E-state index >= 15 is 0 Å². The van der Waals surface area contributed by atoms with Crippen LogP contribution in [-0.4, -0.2) is 35.0 Å². The van der Waals surface area contributed by atoms with Crippen LogP contribution < -0.4 is 0 Å². The van der Waals surface area contributed by atoms with Gasteiger partial charge in [0, 0.05) is 20.2 Å².